The standard InChI is InChI=1S/C10H13BrF2O/c11-7-9(14)2-1-8-3-5-10(12,13)6-4-8/h1-2,8H,3-7H2/b2-1+. The Morgan fingerprint density at radius 1 is 1.43 bits per heavy atom. The number of carbonyl (C=O) groups is 1. The minimum Gasteiger partial charge on any atom is -0.294 e. The number of rotatable bonds is 3. The molecule has 0 bridgehead atoms. The van der Waals surface area contributed by atoms with Gasteiger partial charge in [-0.25, -0.2) is 8.78 Å². The van der Waals surface area contributed by atoms with Gasteiger partial charge in [-0.15, -0.1) is 0 Å². The summed E-state index contributed by atoms with van der Waals surface area (Å²) >= 11 is 3.04. The first-order chi connectivity index (χ1) is 6.53. The molecule has 0 aromatic heterocycles. The second kappa shape index (κ2) is 5.01. The maximum Gasteiger partial charge on any atom is 0.248 e. The first-order valence-electron chi connectivity index (χ1n) is 4.68. The summed E-state index contributed by atoms with van der Waals surface area (Å²) in [6.45, 7) is 0. The van der Waals surface area contributed by atoms with E-state index in [1.807, 2.05) is 0 Å². The van der Waals surface area contributed by atoms with E-state index in [2.05, 4.69) is 15.9 Å². The second-order valence-corrected chi connectivity index (χ2v) is 4.21. The molecule has 14 heavy (non-hydrogen) atoms. The van der Waals surface area contributed by atoms with Crippen LogP contribution in [0.5, 0.6) is 0 Å². The van der Waals surface area contributed by atoms with E-state index in [1.54, 1.807) is 6.08 Å². The maximum atomic E-state index is 12.7. The first kappa shape index (κ1) is 11.8. The maximum absolute atomic E-state index is 12.7. The highest BCUT2D eigenvalue weighted by molar-refractivity contribution is 9.09. The summed E-state index contributed by atoms with van der Waals surface area (Å²) in [7, 11) is 0. The number of ketones is 1. The van der Waals surface area contributed by atoms with E-state index in [4.69, 9.17) is 0 Å². The highest BCUT2D eigenvalue weighted by atomic mass is 79.9. The van der Waals surface area contributed by atoms with Crippen molar-refractivity contribution in [1.29, 1.82) is 0 Å². The average molecular weight is 267 g/mol. The number of carbonyl (C=O) groups excluding carboxylic acids is 1. The molecule has 0 unspecified atom stereocenters. The molecule has 1 fully saturated rings. The molecule has 0 atom stereocenters. The predicted molar refractivity (Wildman–Crippen MR) is 54.8 cm³/mol. The third kappa shape index (κ3) is 3.86. The summed E-state index contributed by atoms with van der Waals surface area (Å²) in [5.41, 5.74) is 0. The minimum atomic E-state index is -2.48. The van der Waals surface area contributed by atoms with Crippen LogP contribution < -0.4 is 0 Å². The van der Waals surface area contributed by atoms with Gasteiger partial charge in [0.05, 0.1) is 5.33 Å². The van der Waals surface area contributed by atoms with Crippen LogP contribution in [0.1, 0.15) is 25.7 Å². The van der Waals surface area contributed by atoms with Crippen molar-refractivity contribution in [1.82, 2.24) is 0 Å². The molecule has 0 saturated heterocycles. The average Bonchev–Trinajstić information content (AvgIpc) is 2.16. The Bertz CT molecular complexity index is 228. The fourth-order valence-corrected chi connectivity index (χ4v) is 1.73. The van der Waals surface area contributed by atoms with Crippen LogP contribution in [0, 0.1) is 5.92 Å². The van der Waals surface area contributed by atoms with E-state index in [0.29, 0.717) is 18.2 Å². The molecule has 0 spiro atoms. The Morgan fingerprint density at radius 3 is 2.50 bits per heavy atom. The first-order valence-corrected chi connectivity index (χ1v) is 5.80. The lowest BCUT2D eigenvalue weighted by molar-refractivity contribution is -0.112. The zero-order chi connectivity index (χ0) is 10.6. The van der Waals surface area contributed by atoms with Crippen molar-refractivity contribution in [2.24, 2.45) is 5.92 Å². The molecule has 4 heteroatoms. The van der Waals surface area contributed by atoms with Crippen molar-refractivity contribution >= 4 is 21.7 Å². The summed E-state index contributed by atoms with van der Waals surface area (Å²) in [4.78, 5) is 10.9. The molecule has 1 saturated carbocycles. The number of hydrogen-bond donors (Lipinski definition) is 0. The Kier molecular flexibility index (Phi) is 4.23. The zero-order valence-corrected chi connectivity index (χ0v) is 9.40. The summed E-state index contributed by atoms with van der Waals surface area (Å²) in [6.07, 6.45) is 4.12. The molecule has 0 aromatic carbocycles. The third-order valence-corrected chi connectivity index (χ3v) is 3.00. The number of alkyl halides is 3. The minimum absolute atomic E-state index is 0.0117. The lowest BCUT2D eigenvalue weighted by atomic mass is 9.86. The lowest BCUT2D eigenvalue weighted by Crippen LogP contribution is -2.23. The van der Waals surface area contributed by atoms with Gasteiger partial charge in [0.25, 0.3) is 0 Å². The fraction of sp³-hybridized carbons (Fsp3) is 0.700. The van der Waals surface area contributed by atoms with Crippen LogP contribution in [0.2, 0.25) is 0 Å². The Labute approximate surface area is 90.7 Å². The summed E-state index contributed by atoms with van der Waals surface area (Å²) in [5, 5.41) is 0.298. The third-order valence-electron chi connectivity index (χ3n) is 2.45. The monoisotopic (exact) mass is 266 g/mol. The van der Waals surface area contributed by atoms with Crippen LogP contribution >= 0.6 is 15.9 Å². The molecule has 1 aliphatic carbocycles. The van der Waals surface area contributed by atoms with Crippen molar-refractivity contribution in [2.45, 2.75) is 31.6 Å². The number of halogens is 3. The van der Waals surface area contributed by atoms with Crippen LogP contribution in [0.15, 0.2) is 12.2 Å². The van der Waals surface area contributed by atoms with Crippen molar-refractivity contribution in [3.8, 4) is 0 Å². The highest BCUT2D eigenvalue weighted by Crippen LogP contribution is 2.36. The van der Waals surface area contributed by atoms with Gasteiger partial charge in [0.1, 0.15) is 0 Å². The molecular formula is C10H13BrF2O. The van der Waals surface area contributed by atoms with Crippen molar-refractivity contribution < 1.29 is 13.6 Å². The molecule has 0 radical (unpaired) electrons. The van der Waals surface area contributed by atoms with Gasteiger partial charge in [-0.3, -0.25) is 4.79 Å². The van der Waals surface area contributed by atoms with Gasteiger partial charge in [0.2, 0.25) is 5.92 Å². The summed E-state index contributed by atoms with van der Waals surface area (Å²) < 4.78 is 25.5. The van der Waals surface area contributed by atoms with E-state index in [0.717, 1.165) is 0 Å². The van der Waals surface area contributed by atoms with Gasteiger partial charge in [-0.05, 0) is 24.8 Å². The van der Waals surface area contributed by atoms with Gasteiger partial charge in [-0.2, -0.15) is 0 Å². The van der Waals surface area contributed by atoms with E-state index in [1.165, 1.54) is 6.08 Å². The molecule has 0 aliphatic heterocycles. The van der Waals surface area contributed by atoms with Gasteiger partial charge in [0, 0.05) is 12.8 Å². The van der Waals surface area contributed by atoms with Crippen molar-refractivity contribution in [3.05, 3.63) is 12.2 Å². The molecule has 0 amide bonds. The van der Waals surface area contributed by atoms with E-state index in [-0.39, 0.29) is 24.5 Å². The molecule has 1 rings (SSSR count). The smallest absolute Gasteiger partial charge is 0.248 e. The Hall–Kier alpha value is -0.250. The Balaban J connectivity index is 2.36. The molecule has 1 nitrogen and oxygen atoms in total. The fourth-order valence-electron chi connectivity index (χ4n) is 1.54. The summed E-state index contributed by atoms with van der Waals surface area (Å²) in [6, 6.07) is 0. The molecule has 80 valence electrons. The van der Waals surface area contributed by atoms with E-state index < -0.39 is 5.92 Å². The second-order valence-electron chi connectivity index (χ2n) is 3.65. The van der Waals surface area contributed by atoms with Crippen LogP contribution in [0.3, 0.4) is 0 Å². The topological polar surface area (TPSA) is 17.1 Å². The van der Waals surface area contributed by atoms with Crippen LogP contribution in [-0.4, -0.2) is 17.0 Å². The largest absolute Gasteiger partial charge is 0.294 e. The predicted octanol–water partition coefficient (Wildman–Crippen LogP) is 3.33. The SMILES string of the molecule is O=C(/C=C/C1CCC(F)(F)CC1)CBr. The summed E-state index contributed by atoms with van der Waals surface area (Å²) in [5.74, 6) is -2.34. The Morgan fingerprint density at radius 2 is 2.00 bits per heavy atom. The number of allylic oxidation sites excluding steroid dienone is 2. The van der Waals surface area contributed by atoms with Gasteiger partial charge in [0.15, 0.2) is 5.78 Å². The normalized spacial score (nSPS) is 22.8. The highest BCUT2D eigenvalue weighted by Gasteiger charge is 2.33. The number of hydrogen-bond acceptors (Lipinski definition) is 1. The van der Waals surface area contributed by atoms with E-state index >= 15 is 0 Å². The van der Waals surface area contributed by atoms with Gasteiger partial charge >= 0.3 is 0 Å². The lowest BCUT2D eigenvalue weighted by Gasteiger charge is -2.26. The van der Waals surface area contributed by atoms with E-state index in [9.17, 15) is 13.6 Å². The van der Waals surface area contributed by atoms with Gasteiger partial charge < -0.3 is 0 Å². The van der Waals surface area contributed by atoms with Crippen molar-refractivity contribution in [3.63, 3.8) is 0 Å². The molecule has 0 heterocycles. The molecular weight excluding hydrogens is 254 g/mol. The van der Waals surface area contributed by atoms with Crippen molar-refractivity contribution in [2.75, 3.05) is 5.33 Å². The van der Waals surface area contributed by atoms with Crippen LogP contribution in [-0.2, 0) is 4.79 Å². The molecule has 0 N–H and O–H groups in total. The van der Waals surface area contributed by atoms with Crippen LogP contribution in [0.4, 0.5) is 8.78 Å². The van der Waals surface area contributed by atoms with Gasteiger partial charge in [-0.1, -0.05) is 22.0 Å². The zero-order valence-electron chi connectivity index (χ0n) is 7.81. The van der Waals surface area contributed by atoms with Crippen LogP contribution in [0.25, 0.3) is 0 Å². The quantitative estimate of drug-likeness (QED) is 0.566. The molecule has 0 aromatic rings. The molecule has 1 aliphatic rings.